The molecule has 0 aromatic carbocycles. The highest BCUT2D eigenvalue weighted by Gasteiger charge is 1.85. The molecular weight excluding hydrogens is 239 g/mol. The largest absolute Gasteiger partial charge is 0.242 e. The van der Waals surface area contributed by atoms with Crippen LogP contribution in [0.4, 0.5) is 0 Å². The predicted octanol–water partition coefficient (Wildman–Crippen LogP) is 2.42. The standard InChI is InChI=1S/C5H5IN2.C2H6/c1-4-2-5(6)8-3-7-4;1-2/h2-3H,1H3;1-2H3. The lowest BCUT2D eigenvalue weighted by Crippen LogP contribution is -1.83. The molecule has 1 aromatic heterocycles. The second-order valence-electron chi connectivity index (χ2n) is 1.48. The number of hydrogen-bond donors (Lipinski definition) is 0. The summed E-state index contributed by atoms with van der Waals surface area (Å²) in [6.07, 6.45) is 1.57. The normalized spacial score (nSPS) is 8.00. The Kier molecular flexibility index (Phi) is 5.48. The molecule has 0 saturated heterocycles. The van der Waals surface area contributed by atoms with Crippen molar-refractivity contribution in [2.45, 2.75) is 20.8 Å². The average Bonchev–Trinajstić information content (AvgIpc) is 1.91. The summed E-state index contributed by atoms with van der Waals surface area (Å²) in [6.45, 7) is 5.95. The van der Waals surface area contributed by atoms with Crippen LogP contribution in [0.2, 0.25) is 0 Å². The molecule has 56 valence electrons. The topological polar surface area (TPSA) is 25.8 Å². The Balaban J connectivity index is 0.000000371. The van der Waals surface area contributed by atoms with E-state index in [0.29, 0.717) is 0 Å². The Morgan fingerprint density at radius 1 is 1.30 bits per heavy atom. The van der Waals surface area contributed by atoms with Gasteiger partial charge in [-0.15, -0.1) is 0 Å². The molecule has 0 amide bonds. The van der Waals surface area contributed by atoms with Crippen LogP contribution in [0.5, 0.6) is 0 Å². The summed E-state index contributed by atoms with van der Waals surface area (Å²) >= 11 is 2.15. The highest BCUT2D eigenvalue weighted by Crippen LogP contribution is 1.98. The van der Waals surface area contributed by atoms with Gasteiger partial charge in [0.15, 0.2) is 0 Å². The van der Waals surface area contributed by atoms with E-state index in [2.05, 4.69) is 32.6 Å². The van der Waals surface area contributed by atoms with Gasteiger partial charge in [0.25, 0.3) is 0 Å². The van der Waals surface area contributed by atoms with Crippen LogP contribution in [0.25, 0.3) is 0 Å². The van der Waals surface area contributed by atoms with Crippen molar-refractivity contribution in [2.24, 2.45) is 0 Å². The summed E-state index contributed by atoms with van der Waals surface area (Å²) < 4.78 is 0.995. The summed E-state index contributed by atoms with van der Waals surface area (Å²) in [5.74, 6) is 0. The van der Waals surface area contributed by atoms with E-state index in [1.807, 2.05) is 26.8 Å². The minimum absolute atomic E-state index is 0.995. The molecule has 1 heterocycles. The van der Waals surface area contributed by atoms with Crippen LogP contribution in [-0.4, -0.2) is 9.97 Å². The number of rotatable bonds is 0. The molecule has 0 radical (unpaired) electrons. The summed E-state index contributed by atoms with van der Waals surface area (Å²) in [5, 5.41) is 0. The van der Waals surface area contributed by atoms with E-state index in [-0.39, 0.29) is 0 Å². The highest BCUT2D eigenvalue weighted by molar-refractivity contribution is 14.1. The first-order chi connectivity index (χ1) is 4.79. The lowest BCUT2D eigenvalue weighted by molar-refractivity contribution is 1.08. The molecule has 0 aliphatic rings. The maximum Gasteiger partial charge on any atom is 0.116 e. The predicted molar refractivity (Wildman–Crippen MR) is 50.8 cm³/mol. The van der Waals surface area contributed by atoms with Crippen LogP contribution in [-0.2, 0) is 0 Å². The van der Waals surface area contributed by atoms with Gasteiger partial charge >= 0.3 is 0 Å². The summed E-state index contributed by atoms with van der Waals surface area (Å²) in [5.41, 5.74) is 1.02. The van der Waals surface area contributed by atoms with Gasteiger partial charge in [-0.1, -0.05) is 13.8 Å². The number of aryl methyl sites for hydroxylation is 1. The third-order valence-corrected chi connectivity index (χ3v) is 1.36. The van der Waals surface area contributed by atoms with E-state index in [4.69, 9.17) is 0 Å². The van der Waals surface area contributed by atoms with Gasteiger partial charge in [0.2, 0.25) is 0 Å². The van der Waals surface area contributed by atoms with Crippen molar-refractivity contribution in [1.29, 1.82) is 0 Å². The third kappa shape index (κ3) is 3.76. The lowest BCUT2D eigenvalue weighted by Gasteiger charge is -1.87. The molecule has 10 heavy (non-hydrogen) atoms. The first-order valence-corrected chi connectivity index (χ1v) is 4.31. The van der Waals surface area contributed by atoms with Crippen LogP contribution >= 0.6 is 22.6 Å². The fraction of sp³-hybridized carbons (Fsp3) is 0.429. The summed E-state index contributed by atoms with van der Waals surface area (Å²) in [7, 11) is 0. The molecule has 0 spiro atoms. The van der Waals surface area contributed by atoms with Gasteiger partial charge < -0.3 is 0 Å². The van der Waals surface area contributed by atoms with Gasteiger partial charge in [-0.2, -0.15) is 0 Å². The van der Waals surface area contributed by atoms with Gasteiger partial charge in [0.1, 0.15) is 10.0 Å². The van der Waals surface area contributed by atoms with Gasteiger partial charge in [-0.05, 0) is 35.6 Å². The number of nitrogens with zero attached hydrogens (tertiary/aromatic N) is 2. The molecule has 0 unspecified atom stereocenters. The molecule has 0 aliphatic carbocycles. The first-order valence-electron chi connectivity index (χ1n) is 3.23. The molecule has 3 heteroatoms. The zero-order chi connectivity index (χ0) is 7.98. The summed E-state index contributed by atoms with van der Waals surface area (Å²) in [6, 6.07) is 1.93. The maximum absolute atomic E-state index is 3.92. The van der Waals surface area contributed by atoms with E-state index < -0.39 is 0 Å². The van der Waals surface area contributed by atoms with Crippen LogP contribution in [0.15, 0.2) is 12.4 Å². The van der Waals surface area contributed by atoms with Crippen LogP contribution in [0, 0.1) is 10.6 Å². The van der Waals surface area contributed by atoms with Crippen molar-refractivity contribution < 1.29 is 0 Å². The van der Waals surface area contributed by atoms with Gasteiger partial charge in [0.05, 0.1) is 0 Å². The summed E-state index contributed by atoms with van der Waals surface area (Å²) in [4.78, 5) is 7.84. The van der Waals surface area contributed by atoms with Gasteiger partial charge in [0, 0.05) is 5.69 Å². The van der Waals surface area contributed by atoms with E-state index in [1.54, 1.807) is 6.33 Å². The van der Waals surface area contributed by atoms with Crippen molar-refractivity contribution in [3.8, 4) is 0 Å². The molecule has 0 bridgehead atoms. The van der Waals surface area contributed by atoms with Crippen molar-refractivity contribution >= 4 is 22.6 Å². The quantitative estimate of drug-likeness (QED) is 0.522. The van der Waals surface area contributed by atoms with Crippen molar-refractivity contribution in [3.05, 3.63) is 21.8 Å². The number of halogens is 1. The molecule has 0 saturated carbocycles. The zero-order valence-corrected chi connectivity index (χ0v) is 8.58. The molecule has 2 nitrogen and oxygen atoms in total. The lowest BCUT2D eigenvalue weighted by atomic mass is 10.5. The van der Waals surface area contributed by atoms with Gasteiger partial charge in [-0.3, -0.25) is 0 Å². The second-order valence-corrected chi connectivity index (χ2v) is 2.59. The molecule has 0 aliphatic heterocycles. The first kappa shape index (κ1) is 9.81. The number of hydrogen-bond acceptors (Lipinski definition) is 2. The minimum Gasteiger partial charge on any atom is -0.242 e. The Hall–Kier alpha value is -0.190. The van der Waals surface area contributed by atoms with E-state index >= 15 is 0 Å². The van der Waals surface area contributed by atoms with E-state index in [9.17, 15) is 0 Å². The van der Waals surface area contributed by atoms with Gasteiger partial charge in [-0.25, -0.2) is 9.97 Å². The maximum atomic E-state index is 3.92. The highest BCUT2D eigenvalue weighted by atomic mass is 127. The third-order valence-electron chi connectivity index (χ3n) is 0.770. The van der Waals surface area contributed by atoms with Crippen molar-refractivity contribution in [2.75, 3.05) is 0 Å². The fourth-order valence-corrected chi connectivity index (χ4v) is 0.997. The minimum atomic E-state index is 0.995. The molecule has 1 aromatic rings. The molecule has 0 atom stereocenters. The van der Waals surface area contributed by atoms with Crippen LogP contribution in [0.3, 0.4) is 0 Å². The van der Waals surface area contributed by atoms with Crippen LogP contribution < -0.4 is 0 Å². The fourth-order valence-electron chi connectivity index (χ4n) is 0.422. The molecule has 0 N–H and O–H groups in total. The smallest absolute Gasteiger partial charge is 0.116 e. The Morgan fingerprint density at radius 3 is 2.20 bits per heavy atom. The number of aromatic nitrogens is 2. The average molecular weight is 250 g/mol. The molecular formula is C7H11IN2. The van der Waals surface area contributed by atoms with Crippen molar-refractivity contribution in [1.82, 2.24) is 9.97 Å². The molecule has 1 rings (SSSR count). The Morgan fingerprint density at radius 2 is 1.90 bits per heavy atom. The zero-order valence-electron chi connectivity index (χ0n) is 6.43. The molecule has 0 fully saturated rings. The second kappa shape index (κ2) is 5.58. The van der Waals surface area contributed by atoms with E-state index in [1.165, 1.54) is 0 Å². The van der Waals surface area contributed by atoms with Crippen LogP contribution in [0.1, 0.15) is 19.5 Å². The Labute approximate surface area is 75.2 Å². The monoisotopic (exact) mass is 250 g/mol. The van der Waals surface area contributed by atoms with Crippen molar-refractivity contribution in [3.63, 3.8) is 0 Å². The Bertz CT molecular complexity index is 171. The van der Waals surface area contributed by atoms with E-state index in [0.717, 1.165) is 9.39 Å². The SMILES string of the molecule is CC.Cc1cc(I)ncn1.